The molecule has 162 valence electrons. The third-order valence-electron chi connectivity index (χ3n) is 6.71. The molecule has 5 rings (SSSR count). The molecule has 2 fully saturated rings. The highest BCUT2D eigenvalue weighted by Crippen LogP contribution is 2.49. The summed E-state index contributed by atoms with van der Waals surface area (Å²) in [6, 6.07) is 13.7. The van der Waals surface area contributed by atoms with E-state index >= 15 is 0 Å². The maximum Gasteiger partial charge on any atom is 0.313 e. The van der Waals surface area contributed by atoms with Gasteiger partial charge in [0.15, 0.2) is 5.72 Å². The van der Waals surface area contributed by atoms with E-state index in [4.69, 9.17) is 16.3 Å². The Bertz CT molecular complexity index is 1020. The summed E-state index contributed by atoms with van der Waals surface area (Å²) in [5.74, 6) is 0.353. The fraction of sp³-hybridized carbons (Fsp3) is 0.417. The molecule has 7 heteroatoms. The van der Waals surface area contributed by atoms with Gasteiger partial charge in [0.2, 0.25) is 5.75 Å². The first-order valence-corrected chi connectivity index (χ1v) is 11.3. The lowest BCUT2D eigenvalue weighted by atomic mass is 9.81. The van der Waals surface area contributed by atoms with Crippen molar-refractivity contribution in [2.24, 2.45) is 0 Å². The Morgan fingerprint density at radius 1 is 1.10 bits per heavy atom. The van der Waals surface area contributed by atoms with Crippen LogP contribution in [-0.2, 0) is 6.54 Å². The maximum absolute atomic E-state index is 11.7. The zero-order valence-electron chi connectivity index (χ0n) is 17.4. The Morgan fingerprint density at radius 3 is 2.61 bits per heavy atom. The minimum Gasteiger partial charge on any atom is -0.461 e. The molecular formula is C24H26ClN3O3. The zero-order valence-corrected chi connectivity index (χ0v) is 18.2. The summed E-state index contributed by atoms with van der Waals surface area (Å²) in [7, 11) is 0. The van der Waals surface area contributed by atoms with Gasteiger partial charge in [-0.15, -0.1) is 0 Å². The van der Waals surface area contributed by atoms with Gasteiger partial charge < -0.3 is 4.74 Å². The molecule has 1 unspecified atom stereocenters. The standard InChI is InChI=1S/C24H26ClN3O3/c25-21-15-19-14-20-8-4-5-9-24(20,31-23(19)22(16-21)28(29)30)27-12-10-26(11-13-27)17-18-6-2-1-3-7-18/h1-3,6-7,14-16H,4-5,8-13,17H2. The van der Waals surface area contributed by atoms with Crippen LogP contribution in [0.5, 0.6) is 5.75 Å². The van der Waals surface area contributed by atoms with Crippen LogP contribution in [0.4, 0.5) is 5.69 Å². The number of hydrogen-bond donors (Lipinski definition) is 0. The van der Waals surface area contributed by atoms with E-state index in [1.54, 1.807) is 6.07 Å². The van der Waals surface area contributed by atoms with E-state index < -0.39 is 10.6 Å². The van der Waals surface area contributed by atoms with Crippen LogP contribution in [0.25, 0.3) is 6.08 Å². The number of nitro benzene ring substituents is 1. The first-order valence-electron chi connectivity index (χ1n) is 10.9. The topological polar surface area (TPSA) is 58.9 Å². The second-order valence-electron chi connectivity index (χ2n) is 8.61. The highest BCUT2D eigenvalue weighted by Gasteiger charge is 2.48. The summed E-state index contributed by atoms with van der Waals surface area (Å²) in [6.07, 6.45) is 6.06. The van der Waals surface area contributed by atoms with Crippen LogP contribution in [0, 0.1) is 10.1 Å². The van der Waals surface area contributed by atoms with E-state index in [2.05, 4.69) is 40.1 Å². The van der Waals surface area contributed by atoms with Crippen LogP contribution in [0.2, 0.25) is 5.02 Å². The number of piperazine rings is 1. The molecule has 2 aliphatic heterocycles. The molecule has 2 heterocycles. The number of ether oxygens (including phenoxy) is 1. The van der Waals surface area contributed by atoms with Crippen molar-refractivity contribution in [3.05, 3.63) is 74.3 Å². The van der Waals surface area contributed by atoms with Crippen molar-refractivity contribution in [1.82, 2.24) is 9.80 Å². The van der Waals surface area contributed by atoms with Crippen molar-refractivity contribution >= 4 is 23.4 Å². The van der Waals surface area contributed by atoms with Crippen molar-refractivity contribution in [1.29, 1.82) is 0 Å². The average molecular weight is 440 g/mol. The molecule has 0 aromatic heterocycles. The number of nitro groups is 1. The normalized spacial score (nSPS) is 24.0. The summed E-state index contributed by atoms with van der Waals surface area (Å²) in [4.78, 5) is 16.2. The van der Waals surface area contributed by atoms with E-state index in [0.29, 0.717) is 10.8 Å². The van der Waals surface area contributed by atoms with Crippen LogP contribution in [0.15, 0.2) is 48.0 Å². The Labute approximate surface area is 187 Å². The lowest BCUT2D eigenvalue weighted by Gasteiger charge is -2.51. The number of rotatable bonds is 4. The van der Waals surface area contributed by atoms with Crippen LogP contribution in [0.3, 0.4) is 0 Å². The molecule has 1 atom stereocenters. The number of hydrogen-bond acceptors (Lipinski definition) is 5. The van der Waals surface area contributed by atoms with Gasteiger partial charge in [-0.1, -0.05) is 41.9 Å². The highest BCUT2D eigenvalue weighted by molar-refractivity contribution is 6.31. The molecule has 2 aromatic carbocycles. The van der Waals surface area contributed by atoms with E-state index in [1.165, 1.54) is 17.2 Å². The highest BCUT2D eigenvalue weighted by atomic mass is 35.5. The number of benzene rings is 2. The second kappa shape index (κ2) is 8.26. The predicted octanol–water partition coefficient (Wildman–Crippen LogP) is 5.11. The van der Waals surface area contributed by atoms with Crippen molar-refractivity contribution in [3.63, 3.8) is 0 Å². The molecule has 0 N–H and O–H groups in total. The van der Waals surface area contributed by atoms with E-state index in [0.717, 1.165) is 64.0 Å². The molecule has 0 bridgehead atoms. The van der Waals surface area contributed by atoms with Gasteiger partial charge in [-0.25, -0.2) is 0 Å². The van der Waals surface area contributed by atoms with Crippen molar-refractivity contribution in [2.45, 2.75) is 38.0 Å². The Morgan fingerprint density at radius 2 is 1.87 bits per heavy atom. The van der Waals surface area contributed by atoms with Gasteiger partial charge in [0.1, 0.15) is 0 Å². The number of halogens is 1. The van der Waals surface area contributed by atoms with Gasteiger partial charge in [0.25, 0.3) is 0 Å². The maximum atomic E-state index is 11.7. The minimum atomic E-state index is -0.581. The predicted molar refractivity (Wildman–Crippen MR) is 121 cm³/mol. The van der Waals surface area contributed by atoms with E-state index in [9.17, 15) is 10.1 Å². The number of fused-ring (bicyclic) bond motifs is 2. The molecule has 1 aliphatic carbocycles. The van der Waals surface area contributed by atoms with Gasteiger partial charge in [0, 0.05) is 55.8 Å². The van der Waals surface area contributed by atoms with Gasteiger partial charge in [-0.3, -0.25) is 19.9 Å². The van der Waals surface area contributed by atoms with Crippen LogP contribution < -0.4 is 4.74 Å². The first kappa shape index (κ1) is 20.5. The molecule has 2 aromatic rings. The Kier molecular flexibility index (Phi) is 5.46. The summed E-state index contributed by atoms with van der Waals surface area (Å²) in [6.45, 7) is 4.59. The van der Waals surface area contributed by atoms with Crippen LogP contribution in [-0.4, -0.2) is 46.6 Å². The summed E-state index contributed by atoms with van der Waals surface area (Å²) in [5, 5.41) is 12.1. The Balaban J connectivity index is 1.41. The molecule has 1 saturated carbocycles. The minimum absolute atomic E-state index is 0.0505. The van der Waals surface area contributed by atoms with Crippen molar-refractivity contribution < 1.29 is 9.66 Å². The first-order chi connectivity index (χ1) is 15.0. The smallest absolute Gasteiger partial charge is 0.313 e. The SMILES string of the molecule is O=[N+]([O-])c1cc(Cl)cc2c1OC1(N3CCN(Cc4ccccc4)CC3)CCCCC1=C2. The summed E-state index contributed by atoms with van der Waals surface area (Å²) < 4.78 is 6.60. The molecular weight excluding hydrogens is 414 g/mol. The monoisotopic (exact) mass is 439 g/mol. The largest absolute Gasteiger partial charge is 0.461 e. The number of nitrogens with zero attached hydrogens (tertiary/aromatic N) is 3. The third-order valence-corrected chi connectivity index (χ3v) is 6.92. The van der Waals surface area contributed by atoms with Crippen molar-refractivity contribution in [2.75, 3.05) is 26.2 Å². The van der Waals surface area contributed by atoms with Gasteiger partial charge in [-0.2, -0.15) is 0 Å². The van der Waals surface area contributed by atoms with Crippen LogP contribution >= 0.6 is 11.6 Å². The summed E-state index contributed by atoms with van der Waals surface area (Å²) >= 11 is 6.16. The molecule has 31 heavy (non-hydrogen) atoms. The molecule has 0 spiro atoms. The van der Waals surface area contributed by atoms with Gasteiger partial charge in [0.05, 0.1) is 4.92 Å². The van der Waals surface area contributed by atoms with E-state index in [1.807, 2.05) is 6.07 Å². The summed E-state index contributed by atoms with van der Waals surface area (Å²) in [5.41, 5.74) is 2.63. The molecule has 1 saturated heterocycles. The quantitative estimate of drug-likeness (QED) is 0.489. The van der Waals surface area contributed by atoms with Crippen LogP contribution in [0.1, 0.15) is 36.8 Å². The lowest BCUT2D eigenvalue weighted by molar-refractivity contribution is -0.386. The molecule has 6 nitrogen and oxygen atoms in total. The molecule has 0 amide bonds. The lowest BCUT2D eigenvalue weighted by Crippen LogP contribution is -2.62. The van der Waals surface area contributed by atoms with E-state index in [-0.39, 0.29) is 5.69 Å². The Hall–Kier alpha value is -2.41. The van der Waals surface area contributed by atoms with Crippen molar-refractivity contribution in [3.8, 4) is 5.75 Å². The fourth-order valence-corrected chi connectivity index (χ4v) is 5.40. The molecule has 0 radical (unpaired) electrons. The zero-order chi connectivity index (χ0) is 21.4. The average Bonchev–Trinajstić information content (AvgIpc) is 2.78. The van der Waals surface area contributed by atoms with Gasteiger partial charge in [-0.05, 0) is 42.5 Å². The second-order valence-corrected chi connectivity index (χ2v) is 9.05. The van der Waals surface area contributed by atoms with Gasteiger partial charge >= 0.3 is 5.69 Å². The molecule has 3 aliphatic rings. The third kappa shape index (κ3) is 3.84. The fourth-order valence-electron chi connectivity index (χ4n) is 5.18.